The van der Waals surface area contributed by atoms with E-state index in [2.05, 4.69) is 4.52 Å². The third kappa shape index (κ3) is 11.2. The Morgan fingerprint density at radius 3 is 2.05 bits per heavy atom. The lowest BCUT2D eigenvalue weighted by Gasteiger charge is -2.30. The van der Waals surface area contributed by atoms with Crippen LogP contribution in [0.15, 0.2) is 0 Å². The molecular weight excluding hydrogens is 305 g/mol. The molecule has 0 aromatic carbocycles. The van der Waals surface area contributed by atoms with Gasteiger partial charge in [0.15, 0.2) is 0 Å². The number of aliphatic hydroxyl groups excluding tert-OH is 4. The molecule has 0 spiro atoms. The Bertz CT molecular complexity index is 335. The largest absolute Gasteiger partial charge is 0.472 e. The van der Waals surface area contributed by atoms with Crippen LogP contribution in [0.2, 0.25) is 0 Å². The number of nitrogens with zero attached hydrogens (tertiary/aromatic N) is 1. The zero-order chi connectivity index (χ0) is 16.7. The molecule has 0 aromatic rings. The summed E-state index contributed by atoms with van der Waals surface area (Å²) >= 11 is 0. The number of aliphatic hydroxyl groups is 4. The highest BCUT2D eigenvalue weighted by Crippen LogP contribution is 2.45. The van der Waals surface area contributed by atoms with Gasteiger partial charge in [-0.2, -0.15) is 0 Å². The zero-order valence-corrected chi connectivity index (χ0v) is 13.5. The number of hydrogen-bond donors (Lipinski definition) is 5. The number of likely N-dealkylation sites (N-methyl/N-ethyl adjacent to an activating group) is 1. The van der Waals surface area contributed by atoms with Gasteiger partial charge in [0.2, 0.25) is 0 Å². The molecule has 0 aliphatic carbocycles. The molecule has 9 nitrogen and oxygen atoms in total. The Balaban J connectivity index is 4.65. The van der Waals surface area contributed by atoms with E-state index in [4.69, 9.17) is 19.8 Å². The molecule has 0 fully saturated rings. The average Bonchev–Trinajstić information content (AvgIpc) is 2.33. The van der Waals surface area contributed by atoms with E-state index in [1.807, 2.05) is 21.1 Å². The fraction of sp³-hybridized carbons (Fsp3) is 1.00. The third-order valence-electron chi connectivity index (χ3n) is 2.42. The van der Waals surface area contributed by atoms with Gasteiger partial charge >= 0.3 is 7.82 Å². The second-order valence-corrected chi connectivity index (χ2v) is 7.28. The minimum atomic E-state index is -4.44. The zero-order valence-electron chi connectivity index (χ0n) is 12.6. The maximum absolute atomic E-state index is 11.8. The van der Waals surface area contributed by atoms with Crippen molar-refractivity contribution in [3.63, 3.8) is 0 Å². The van der Waals surface area contributed by atoms with Crippen LogP contribution in [-0.4, -0.2) is 95.6 Å². The molecule has 0 radical (unpaired) electrons. The smallest absolute Gasteiger partial charge is 0.394 e. The van der Waals surface area contributed by atoms with E-state index < -0.39 is 46.0 Å². The minimum absolute atomic E-state index is 0.0392. The van der Waals surface area contributed by atoms with Gasteiger partial charge in [0.1, 0.15) is 18.8 Å². The van der Waals surface area contributed by atoms with Crippen LogP contribution in [0.5, 0.6) is 0 Å². The third-order valence-corrected chi connectivity index (χ3v) is 3.46. The van der Waals surface area contributed by atoms with Crippen molar-refractivity contribution in [3.05, 3.63) is 0 Å². The summed E-state index contributed by atoms with van der Waals surface area (Å²) in [6.07, 6.45) is -3.23. The molecule has 4 atom stereocenters. The summed E-state index contributed by atoms with van der Waals surface area (Å²) in [5, 5.41) is 36.0. The summed E-state index contributed by atoms with van der Waals surface area (Å²) < 4.78 is 21.7. The van der Waals surface area contributed by atoms with Crippen molar-refractivity contribution in [3.8, 4) is 0 Å². The molecule has 10 heteroatoms. The van der Waals surface area contributed by atoms with E-state index in [1.54, 1.807) is 0 Å². The highest BCUT2D eigenvalue weighted by Gasteiger charge is 2.32. The maximum Gasteiger partial charge on any atom is 0.472 e. The van der Waals surface area contributed by atoms with Crippen molar-refractivity contribution < 1.29 is 43.4 Å². The van der Waals surface area contributed by atoms with E-state index in [0.717, 1.165) is 0 Å². The summed E-state index contributed by atoms with van der Waals surface area (Å²) in [7, 11) is 1.06. The molecular formula is C11H27NO8P+. The molecule has 0 amide bonds. The monoisotopic (exact) mass is 332 g/mol. The van der Waals surface area contributed by atoms with Gasteiger partial charge in [-0.3, -0.25) is 9.05 Å². The SMILES string of the molecule is C[N+](C)(C)CC(CC(O)CO)OP(=O)(O)OC[C@H](O)CO. The lowest BCUT2D eigenvalue weighted by molar-refractivity contribution is -0.873. The fourth-order valence-electron chi connectivity index (χ4n) is 1.59. The van der Waals surface area contributed by atoms with Crippen molar-refractivity contribution in [2.45, 2.75) is 24.7 Å². The summed E-state index contributed by atoms with van der Waals surface area (Å²) in [6, 6.07) is 0. The van der Waals surface area contributed by atoms with Crippen molar-refractivity contribution in [2.75, 3.05) is 47.5 Å². The first-order valence-electron chi connectivity index (χ1n) is 6.53. The number of hydrogen-bond acceptors (Lipinski definition) is 7. The van der Waals surface area contributed by atoms with Gasteiger partial charge in [-0.05, 0) is 0 Å². The van der Waals surface area contributed by atoms with Gasteiger partial charge in [0, 0.05) is 6.42 Å². The van der Waals surface area contributed by atoms with Gasteiger partial charge in [0.25, 0.3) is 0 Å². The van der Waals surface area contributed by atoms with Crippen LogP contribution in [0.25, 0.3) is 0 Å². The molecule has 128 valence electrons. The van der Waals surface area contributed by atoms with E-state index in [0.29, 0.717) is 11.0 Å². The van der Waals surface area contributed by atoms with Crippen molar-refractivity contribution in [1.82, 2.24) is 0 Å². The summed E-state index contributed by atoms with van der Waals surface area (Å²) in [6.45, 7) is -1.35. The first-order valence-corrected chi connectivity index (χ1v) is 8.02. The lowest BCUT2D eigenvalue weighted by atomic mass is 10.1. The second kappa shape index (κ2) is 9.14. The molecule has 0 heterocycles. The molecule has 0 aliphatic heterocycles. The lowest BCUT2D eigenvalue weighted by Crippen LogP contribution is -2.43. The van der Waals surface area contributed by atoms with Gasteiger partial charge in [-0.1, -0.05) is 0 Å². The number of phosphoric ester groups is 1. The molecule has 0 aliphatic rings. The molecule has 0 saturated carbocycles. The molecule has 0 saturated heterocycles. The average molecular weight is 332 g/mol. The molecule has 0 bridgehead atoms. The van der Waals surface area contributed by atoms with Crippen molar-refractivity contribution in [2.24, 2.45) is 0 Å². The maximum atomic E-state index is 11.8. The molecule has 0 aromatic heterocycles. The van der Waals surface area contributed by atoms with E-state index >= 15 is 0 Å². The van der Waals surface area contributed by atoms with Crippen LogP contribution in [0.3, 0.4) is 0 Å². The Morgan fingerprint density at radius 1 is 1.10 bits per heavy atom. The van der Waals surface area contributed by atoms with Crippen LogP contribution in [0, 0.1) is 0 Å². The molecule has 5 N–H and O–H groups in total. The highest BCUT2D eigenvalue weighted by molar-refractivity contribution is 7.47. The Labute approximate surface area is 124 Å². The molecule has 0 rings (SSSR count). The first-order chi connectivity index (χ1) is 9.49. The summed E-state index contributed by atoms with van der Waals surface area (Å²) in [5.74, 6) is 0. The van der Waals surface area contributed by atoms with Crippen molar-refractivity contribution >= 4 is 7.82 Å². The standard InChI is InChI=1S/C11H26NO8P/c1-12(2,3)5-11(4-9(15)6-13)20-21(17,18)19-8-10(16)7-14/h9-11,13-16H,4-8H2,1-3H3/p+1/t9?,10-,11?/m1/s1. The summed E-state index contributed by atoms with van der Waals surface area (Å²) in [4.78, 5) is 9.58. The van der Waals surface area contributed by atoms with Gasteiger partial charge in [-0.25, -0.2) is 4.57 Å². The van der Waals surface area contributed by atoms with Crippen LogP contribution in [0.1, 0.15) is 6.42 Å². The fourth-order valence-corrected chi connectivity index (χ4v) is 2.54. The first kappa shape index (κ1) is 20.9. The predicted molar refractivity (Wildman–Crippen MR) is 74.4 cm³/mol. The Hall–Kier alpha value is -0.0900. The second-order valence-electron chi connectivity index (χ2n) is 5.87. The predicted octanol–water partition coefficient (Wildman–Crippen LogP) is -1.71. The molecule has 21 heavy (non-hydrogen) atoms. The van der Waals surface area contributed by atoms with E-state index in [9.17, 15) is 14.6 Å². The number of rotatable bonds is 11. The van der Waals surface area contributed by atoms with Crippen LogP contribution in [0.4, 0.5) is 0 Å². The van der Waals surface area contributed by atoms with Crippen LogP contribution >= 0.6 is 7.82 Å². The van der Waals surface area contributed by atoms with Crippen LogP contribution in [-0.2, 0) is 13.6 Å². The van der Waals surface area contributed by atoms with Gasteiger partial charge in [-0.15, -0.1) is 0 Å². The van der Waals surface area contributed by atoms with Crippen LogP contribution < -0.4 is 0 Å². The topological polar surface area (TPSA) is 137 Å². The number of phosphoric acid groups is 1. The van der Waals surface area contributed by atoms with E-state index in [-0.39, 0.29) is 6.42 Å². The summed E-state index contributed by atoms with van der Waals surface area (Å²) in [5.41, 5.74) is 0. The van der Waals surface area contributed by atoms with Gasteiger partial charge < -0.3 is 29.8 Å². The Kier molecular flexibility index (Phi) is 9.10. The normalized spacial score (nSPS) is 19.8. The Morgan fingerprint density at radius 2 is 1.62 bits per heavy atom. The molecule has 3 unspecified atom stereocenters. The van der Waals surface area contributed by atoms with E-state index in [1.165, 1.54) is 0 Å². The quantitative estimate of drug-likeness (QED) is 0.223. The number of quaternary nitrogens is 1. The van der Waals surface area contributed by atoms with Crippen molar-refractivity contribution in [1.29, 1.82) is 0 Å². The van der Waals surface area contributed by atoms with Gasteiger partial charge in [0.05, 0.1) is 47.1 Å². The highest BCUT2D eigenvalue weighted by atomic mass is 31.2. The minimum Gasteiger partial charge on any atom is -0.394 e.